The quantitative estimate of drug-likeness (QED) is 0.836. The van der Waals surface area contributed by atoms with Crippen LogP contribution in [-0.4, -0.2) is 27.8 Å². The Morgan fingerprint density at radius 1 is 1.24 bits per heavy atom. The van der Waals surface area contributed by atoms with E-state index in [9.17, 15) is 9.59 Å². The summed E-state index contributed by atoms with van der Waals surface area (Å²) in [6, 6.07) is 11.7. The molecule has 130 valence electrons. The van der Waals surface area contributed by atoms with Crippen LogP contribution in [0.5, 0.6) is 0 Å². The number of hydrogen-bond donors (Lipinski definition) is 2. The summed E-state index contributed by atoms with van der Waals surface area (Å²) in [5.41, 5.74) is 3.11. The number of nitrogens with one attached hydrogen (secondary N) is 2. The summed E-state index contributed by atoms with van der Waals surface area (Å²) >= 11 is 1.56. The zero-order valence-corrected chi connectivity index (χ0v) is 14.7. The number of para-hydroxylation sites is 1. The maximum Gasteiger partial charge on any atom is 0.237 e. The molecule has 0 saturated carbocycles. The molecule has 0 radical (unpaired) electrons. The lowest BCUT2D eigenvalue weighted by Gasteiger charge is -2.12. The molecule has 2 N–H and O–H groups in total. The third kappa shape index (κ3) is 5.06. The van der Waals surface area contributed by atoms with Gasteiger partial charge in [0.2, 0.25) is 11.8 Å². The number of amides is 2. The van der Waals surface area contributed by atoms with E-state index in [4.69, 9.17) is 0 Å². The van der Waals surface area contributed by atoms with Crippen molar-refractivity contribution in [3.8, 4) is 0 Å². The number of thioether (sulfide) groups is 1. The van der Waals surface area contributed by atoms with E-state index < -0.39 is 0 Å². The van der Waals surface area contributed by atoms with Gasteiger partial charge in [0.05, 0.1) is 5.25 Å². The van der Waals surface area contributed by atoms with Crippen molar-refractivity contribution in [3.05, 3.63) is 59.9 Å². The van der Waals surface area contributed by atoms with E-state index in [1.807, 2.05) is 30.3 Å². The second-order valence-corrected chi connectivity index (χ2v) is 7.24. The van der Waals surface area contributed by atoms with Crippen molar-refractivity contribution in [2.75, 3.05) is 11.1 Å². The van der Waals surface area contributed by atoms with Gasteiger partial charge in [-0.15, -0.1) is 11.8 Å². The highest BCUT2D eigenvalue weighted by Crippen LogP contribution is 2.27. The summed E-state index contributed by atoms with van der Waals surface area (Å²) in [6.07, 6.45) is 5.50. The Bertz CT molecular complexity index is 736. The largest absolute Gasteiger partial charge is 0.352 e. The van der Waals surface area contributed by atoms with E-state index in [0.717, 1.165) is 24.1 Å². The average molecular weight is 355 g/mol. The molecule has 2 aromatic rings. The van der Waals surface area contributed by atoms with Crippen LogP contribution in [0.15, 0.2) is 48.8 Å². The van der Waals surface area contributed by atoms with Gasteiger partial charge in [-0.05, 0) is 42.2 Å². The van der Waals surface area contributed by atoms with Crippen LogP contribution in [0.3, 0.4) is 0 Å². The van der Waals surface area contributed by atoms with Gasteiger partial charge in [0.25, 0.3) is 0 Å². The molecule has 2 heterocycles. The third-order valence-electron chi connectivity index (χ3n) is 4.13. The summed E-state index contributed by atoms with van der Waals surface area (Å²) in [4.78, 5) is 28.2. The SMILES string of the molecule is O=C(CCS[C@H]1CCc2ccccc2NC1=O)NCc1ccncc1. The summed E-state index contributed by atoms with van der Waals surface area (Å²) < 4.78 is 0. The molecule has 1 aromatic carbocycles. The summed E-state index contributed by atoms with van der Waals surface area (Å²) in [6.45, 7) is 0.505. The van der Waals surface area contributed by atoms with Crippen LogP contribution in [0.4, 0.5) is 5.69 Å². The van der Waals surface area contributed by atoms with Crippen molar-refractivity contribution >= 4 is 29.3 Å². The number of nitrogens with zero attached hydrogens (tertiary/aromatic N) is 1. The molecule has 5 nitrogen and oxygen atoms in total. The minimum absolute atomic E-state index is 0.00151. The van der Waals surface area contributed by atoms with Gasteiger partial charge in [-0.1, -0.05) is 18.2 Å². The third-order valence-corrected chi connectivity index (χ3v) is 5.42. The minimum atomic E-state index is -0.111. The van der Waals surface area contributed by atoms with Crippen LogP contribution < -0.4 is 10.6 Å². The molecular formula is C19H21N3O2S. The molecule has 2 amide bonds. The molecule has 1 aromatic heterocycles. The lowest BCUT2D eigenvalue weighted by atomic mass is 10.1. The number of anilines is 1. The zero-order valence-electron chi connectivity index (χ0n) is 13.9. The molecule has 1 aliphatic heterocycles. The number of aryl methyl sites for hydroxylation is 1. The van der Waals surface area contributed by atoms with E-state index in [2.05, 4.69) is 21.7 Å². The predicted octanol–water partition coefficient (Wildman–Crippen LogP) is 2.77. The number of benzene rings is 1. The Morgan fingerprint density at radius 3 is 2.88 bits per heavy atom. The van der Waals surface area contributed by atoms with Crippen LogP contribution in [0, 0.1) is 0 Å². The smallest absolute Gasteiger partial charge is 0.237 e. The van der Waals surface area contributed by atoms with Crippen LogP contribution >= 0.6 is 11.8 Å². The van der Waals surface area contributed by atoms with Gasteiger partial charge in [0.15, 0.2) is 0 Å². The average Bonchev–Trinajstić information content (AvgIpc) is 2.80. The highest BCUT2D eigenvalue weighted by atomic mass is 32.2. The number of hydrogen-bond acceptors (Lipinski definition) is 4. The van der Waals surface area contributed by atoms with Crippen LogP contribution in [0.2, 0.25) is 0 Å². The molecule has 25 heavy (non-hydrogen) atoms. The van der Waals surface area contributed by atoms with Crippen LogP contribution in [0.1, 0.15) is 24.0 Å². The molecular weight excluding hydrogens is 334 g/mol. The molecule has 1 atom stereocenters. The van der Waals surface area contributed by atoms with E-state index in [-0.39, 0.29) is 17.1 Å². The maximum atomic E-state index is 12.3. The first-order valence-electron chi connectivity index (χ1n) is 8.38. The Balaban J connectivity index is 1.41. The zero-order chi connectivity index (χ0) is 17.5. The Morgan fingerprint density at radius 2 is 2.04 bits per heavy atom. The molecule has 0 spiro atoms. The second-order valence-electron chi connectivity index (χ2n) is 5.93. The molecule has 0 unspecified atom stereocenters. The molecule has 3 rings (SSSR count). The lowest BCUT2D eigenvalue weighted by molar-refractivity contribution is -0.121. The fourth-order valence-electron chi connectivity index (χ4n) is 2.73. The molecule has 0 bridgehead atoms. The summed E-state index contributed by atoms with van der Waals surface area (Å²) in [5, 5.41) is 5.77. The number of fused-ring (bicyclic) bond motifs is 1. The van der Waals surface area contributed by atoms with Gasteiger partial charge in [0, 0.05) is 36.8 Å². The van der Waals surface area contributed by atoms with Gasteiger partial charge in [-0.25, -0.2) is 0 Å². The van der Waals surface area contributed by atoms with Crippen molar-refractivity contribution in [2.45, 2.75) is 31.1 Å². The van der Waals surface area contributed by atoms with E-state index in [0.29, 0.717) is 18.7 Å². The second kappa shape index (κ2) is 8.67. The fraction of sp³-hybridized carbons (Fsp3) is 0.316. The fourth-order valence-corrected chi connectivity index (χ4v) is 3.82. The van der Waals surface area contributed by atoms with Crippen molar-refractivity contribution in [2.24, 2.45) is 0 Å². The van der Waals surface area contributed by atoms with Crippen molar-refractivity contribution in [3.63, 3.8) is 0 Å². The topological polar surface area (TPSA) is 71.1 Å². The van der Waals surface area contributed by atoms with Crippen LogP contribution in [0.25, 0.3) is 0 Å². The Hall–Kier alpha value is -2.34. The minimum Gasteiger partial charge on any atom is -0.352 e. The molecule has 1 aliphatic rings. The predicted molar refractivity (Wildman–Crippen MR) is 100 cm³/mol. The maximum absolute atomic E-state index is 12.3. The number of carbonyl (C=O) groups excluding carboxylic acids is 2. The van der Waals surface area contributed by atoms with Gasteiger partial charge < -0.3 is 10.6 Å². The van der Waals surface area contributed by atoms with Gasteiger partial charge in [-0.3, -0.25) is 14.6 Å². The van der Waals surface area contributed by atoms with Gasteiger partial charge >= 0.3 is 0 Å². The molecule has 0 saturated heterocycles. The highest BCUT2D eigenvalue weighted by Gasteiger charge is 2.23. The number of aromatic nitrogens is 1. The van der Waals surface area contributed by atoms with Crippen molar-refractivity contribution in [1.29, 1.82) is 0 Å². The molecule has 6 heteroatoms. The van der Waals surface area contributed by atoms with Gasteiger partial charge in [-0.2, -0.15) is 0 Å². The number of carbonyl (C=O) groups is 2. The lowest BCUT2D eigenvalue weighted by Crippen LogP contribution is -2.26. The van der Waals surface area contributed by atoms with Gasteiger partial charge in [0.1, 0.15) is 0 Å². The Labute approximate surface area is 151 Å². The standard InChI is InChI=1S/C19H21N3O2S/c23-18(21-13-14-7-10-20-11-8-14)9-12-25-17-6-5-15-3-1-2-4-16(15)22-19(17)24/h1-4,7-8,10-11,17H,5-6,9,12-13H2,(H,21,23)(H,22,24)/t17-/m0/s1. The monoisotopic (exact) mass is 355 g/mol. The van der Waals surface area contributed by atoms with Crippen molar-refractivity contribution in [1.82, 2.24) is 10.3 Å². The highest BCUT2D eigenvalue weighted by molar-refractivity contribution is 8.00. The van der Waals surface area contributed by atoms with E-state index in [1.165, 1.54) is 5.56 Å². The molecule has 0 aliphatic carbocycles. The van der Waals surface area contributed by atoms with E-state index in [1.54, 1.807) is 24.2 Å². The summed E-state index contributed by atoms with van der Waals surface area (Å²) in [5.74, 6) is 0.671. The molecule has 0 fully saturated rings. The first kappa shape index (κ1) is 17.5. The summed E-state index contributed by atoms with van der Waals surface area (Å²) in [7, 11) is 0. The first-order chi connectivity index (χ1) is 12.2. The number of pyridine rings is 1. The van der Waals surface area contributed by atoms with Crippen LogP contribution in [-0.2, 0) is 22.6 Å². The number of rotatable bonds is 6. The normalized spacial score (nSPS) is 16.5. The van der Waals surface area contributed by atoms with Crippen molar-refractivity contribution < 1.29 is 9.59 Å². The van der Waals surface area contributed by atoms with E-state index >= 15 is 0 Å². The first-order valence-corrected chi connectivity index (χ1v) is 9.43. The Kier molecular flexibility index (Phi) is 6.06.